The number of thioether (sulfide) groups is 1. The number of tetrazole rings is 1. The van der Waals surface area contributed by atoms with Crippen LogP contribution in [0.15, 0.2) is 6.33 Å². The zero-order valence-electron chi connectivity index (χ0n) is 12.7. The largest absolute Gasteiger partial charge is 0.340 e. The second kappa shape index (κ2) is 7.36. The molecular weight excluding hydrogens is 304 g/mol. The fourth-order valence-electron chi connectivity index (χ4n) is 2.90. The molecule has 2 saturated heterocycles. The molecule has 3 heterocycles. The maximum atomic E-state index is 12.8. The molecule has 9 nitrogen and oxygen atoms in total. The minimum atomic E-state index is -0.225. The van der Waals surface area contributed by atoms with Crippen LogP contribution in [-0.2, 0) is 4.79 Å². The summed E-state index contributed by atoms with van der Waals surface area (Å²) in [6.45, 7) is 5.20. The van der Waals surface area contributed by atoms with E-state index >= 15 is 0 Å². The standard InChI is InChI=1S/C12H22N8OS/c1-22-7-6-18-2-4-19(5-3-18)12(21)10-8-13-15-11(10)20-9-14-16-17-20/h9-11,13,15H,2-8H2,1H3. The van der Waals surface area contributed by atoms with Crippen molar-refractivity contribution < 1.29 is 4.79 Å². The summed E-state index contributed by atoms with van der Waals surface area (Å²) < 4.78 is 1.59. The second-order valence-electron chi connectivity index (χ2n) is 5.53. The lowest BCUT2D eigenvalue weighted by molar-refractivity contribution is -0.138. The van der Waals surface area contributed by atoms with E-state index in [-0.39, 0.29) is 18.0 Å². The first-order valence-electron chi connectivity index (χ1n) is 7.50. The average molecular weight is 326 g/mol. The van der Waals surface area contributed by atoms with Gasteiger partial charge in [0, 0.05) is 45.0 Å². The molecule has 2 atom stereocenters. The predicted octanol–water partition coefficient (Wildman–Crippen LogP) is -1.60. The van der Waals surface area contributed by atoms with E-state index in [2.05, 4.69) is 37.5 Å². The number of nitrogens with zero attached hydrogens (tertiary/aromatic N) is 6. The van der Waals surface area contributed by atoms with Crippen LogP contribution in [-0.4, -0.2) is 87.2 Å². The molecule has 0 aromatic carbocycles. The van der Waals surface area contributed by atoms with Crippen molar-refractivity contribution in [3.8, 4) is 0 Å². The van der Waals surface area contributed by atoms with Crippen LogP contribution in [0.2, 0.25) is 0 Å². The molecule has 2 fully saturated rings. The highest BCUT2D eigenvalue weighted by molar-refractivity contribution is 7.98. The summed E-state index contributed by atoms with van der Waals surface area (Å²) in [5.74, 6) is 1.13. The maximum Gasteiger partial charge on any atom is 0.230 e. The van der Waals surface area contributed by atoms with Crippen molar-refractivity contribution in [2.45, 2.75) is 6.17 Å². The fraction of sp³-hybridized carbons (Fsp3) is 0.833. The third kappa shape index (κ3) is 3.40. The average Bonchev–Trinajstić information content (AvgIpc) is 3.23. The van der Waals surface area contributed by atoms with Crippen molar-refractivity contribution >= 4 is 17.7 Å². The van der Waals surface area contributed by atoms with Gasteiger partial charge in [0.1, 0.15) is 12.5 Å². The highest BCUT2D eigenvalue weighted by Gasteiger charge is 2.38. The molecule has 2 aliphatic rings. The monoisotopic (exact) mass is 326 g/mol. The summed E-state index contributed by atoms with van der Waals surface area (Å²) in [5, 5.41) is 11.2. The molecule has 0 spiro atoms. The molecule has 0 aliphatic carbocycles. The second-order valence-corrected chi connectivity index (χ2v) is 6.51. The number of carbonyl (C=O) groups excluding carboxylic acids is 1. The van der Waals surface area contributed by atoms with Crippen LogP contribution in [0.5, 0.6) is 0 Å². The van der Waals surface area contributed by atoms with Gasteiger partial charge >= 0.3 is 0 Å². The van der Waals surface area contributed by atoms with E-state index in [1.54, 1.807) is 4.68 Å². The maximum absolute atomic E-state index is 12.8. The number of rotatable bonds is 5. The van der Waals surface area contributed by atoms with Gasteiger partial charge in [-0.25, -0.2) is 10.1 Å². The zero-order valence-corrected chi connectivity index (χ0v) is 13.5. The summed E-state index contributed by atoms with van der Waals surface area (Å²) in [6.07, 6.45) is 3.43. The van der Waals surface area contributed by atoms with Gasteiger partial charge in [-0.15, -0.1) is 5.10 Å². The number of carbonyl (C=O) groups is 1. The number of nitrogens with one attached hydrogen (secondary N) is 2. The van der Waals surface area contributed by atoms with E-state index in [0.29, 0.717) is 6.54 Å². The van der Waals surface area contributed by atoms with Gasteiger partial charge in [0.05, 0.1) is 5.92 Å². The molecule has 1 aromatic heterocycles. The van der Waals surface area contributed by atoms with Gasteiger partial charge in [0.25, 0.3) is 0 Å². The van der Waals surface area contributed by atoms with Crippen LogP contribution in [0.4, 0.5) is 0 Å². The number of hydrogen-bond donors (Lipinski definition) is 2. The van der Waals surface area contributed by atoms with E-state index in [1.807, 2.05) is 16.7 Å². The summed E-state index contributed by atoms with van der Waals surface area (Å²) in [5.41, 5.74) is 6.12. The van der Waals surface area contributed by atoms with Crippen LogP contribution in [0.25, 0.3) is 0 Å². The Morgan fingerprint density at radius 2 is 2.18 bits per heavy atom. The number of hydrogen-bond acceptors (Lipinski definition) is 8. The summed E-state index contributed by atoms with van der Waals surface area (Å²) >= 11 is 1.86. The van der Waals surface area contributed by atoms with E-state index < -0.39 is 0 Å². The van der Waals surface area contributed by atoms with E-state index in [0.717, 1.165) is 38.5 Å². The molecule has 1 amide bonds. The Balaban J connectivity index is 1.55. The number of piperazine rings is 1. The van der Waals surface area contributed by atoms with E-state index in [9.17, 15) is 4.79 Å². The zero-order chi connectivity index (χ0) is 15.4. The normalized spacial score (nSPS) is 26.5. The number of aromatic nitrogens is 4. The van der Waals surface area contributed by atoms with Gasteiger partial charge in [-0.2, -0.15) is 11.8 Å². The molecular formula is C12H22N8OS. The van der Waals surface area contributed by atoms with Crippen LogP contribution < -0.4 is 10.9 Å². The van der Waals surface area contributed by atoms with Crippen molar-refractivity contribution in [1.82, 2.24) is 40.9 Å². The predicted molar refractivity (Wildman–Crippen MR) is 82.9 cm³/mol. The van der Waals surface area contributed by atoms with Gasteiger partial charge in [0.15, 0.2) is 0 Å². The smallest absolute Gasteiger partial charge is 0.230 e. The summed E-state index contributed by atoms with van der Waals surface area (Å²) in [7, 11) is 0. The quantitative estimate of drug-likeness (QED) is 0.669. The fourth-order valence-corrected chi connectivity index (χ4v) is 3.34. The first-order valence-corrected chi connectivity index (χ1v) is 8.90. The van der Waals surface area contributed by atoms with E-state index in [4.69, 9.17) is 0 Å². The summed E-state index contributed by atoms with van der Waals surface area (Å²) in [6, 6.07) is 0. The van der Waals surface area contributed by atoms with Crippen molar-refractivity contribution in [2.24, 2.45) is 5.92 Å². The van der Waals surface area contributed by atoms with Crippen LogP contribution in [0.3, 0.4) is 0 Å². The van der Waals surface area contributed by atoms with Crippen molar-refractivity contribution in [3.05, 3.63) is 6.33 Å². The lowest BCUT2D eigenvalue weighted by Crippen LogP contribution is -2.51. The molecule has 2 aliphatic heterocycles. The molecule has 22 heavy (non-hydrogen) atoms. The minimum absolute atomic E-state index is 0.169. The Kier molecular flexibility index (Phi) is 5.24. The molecule has 1 aromatic rings. The molecule has 0 radical (unpaired) electrons. The Hall–Kier alpha value is -1.23. The molecule has 10 heteroatoms. The van der Waals surface area contributed by atoms with Gasteiger partial charge in [-0.3, -0.25) is 15.1 Å². The molecule has 0 bridgehead atoms. The Morgan fingerprint density at radius 1 is 1.36 bits per heavy atom. The lowest BCUT2D eigenvalue weighted by atomic mass is 10.1. The molecule has 3 rings (SSSR count). The minimum Gasteiger partial charge on any atom is -0.340 e. The SMILES string of the molecule is CSCCN1CCN(C(=O)C2CNNC2n2cnnn2)CC1. The van der Waals surface area contributed by atoms with Gasteiger partial charge < -0.3 is 4.90 Å². The number of hydrazine groups is 1. The first kappa shape index (κ1) is 15.7. The number of amides is 1. The Bertz CT molecular complexity index is 475. The van der Waals surface area contributed by atoms with Gasteiger partial charge in [-0.05, 0) is 16.7 Å². The molecule has 122 valence electrons. The third-order valence-electron chi connectivity index (χ3n) is 4.22. The summed E-state index contributed by atoms with van der Waals surface area (Å²) in [4.78, 5) is 17.2. The highest BCUT2D eigenvalue weighted by atomic mass is 32.2. The van der Waals surface area contributed by atoms with Gasteiger partial charge in [0.2, 0.25) is 5.91 Å². The van der Waals surface area contributed by atoms with Crippen LogP contribution >= 0.6 is 11.8 Å². The van der Waals surface area contributed by atoms with Crippen molar-refractivity contribution in [3.63, 3.8) is 0 Å². The van der Waals surface area contributed by atoms with Crippen molar-refractivity contribution in [1.29, 1.82) is 0 Å². The van der Waals surface area contributed by atoms with Crippen LogP contribution in [0.1, 0.15) is 6.17 Å². The third-order valence-corrected chi connectivity index (χ3v) is 4.81. The Morgan fingerprint density at radius 3 is 2.86 bits per heavy atom. The topological polar surface area (TPSA) is 91.2 Å². The lowest BCUT2D eigenvalue weighted by Gasteiger charge is -2.36. The molecule has 2 N–H and O–H groups in total. The first-order chi connectivity index (χ1) is 10.8. The Labute approximate surface area is 133 Å². The van der Waals surface area contributed by atoms with Crippen molar-refractivity contribution in [2.75, 3.05) is 51.3 Å². The molecule has 2 unspecified atom stereocenters. The highest BCUT2D eigenvalue weighted by Crippen LogP contribution is 2.20. The molecule has 0 saturated carbocycles. The van der Waals surface area contributed by atoms with E-state index in [1.165, 1.54) is 6.33 Å². The van der Waals surface area contributed by atoms with Gasteiger partial charge in [-0.1, -0.05) is 0 Å². The van der Waals surface area contributed by atoms with Crippen LogP contribution in [0, 0.1) is 5.92 Å².